The molecule has 0 aromatic heterocycles. The topological polar surface area (TPSA) is 64.6 Å². The largest absolute Gasteiger partial charge is 0.494 e. The number of benzene rings is 2. The molecule has 0 unspecified atom stereocenters. The van der Waals surface area contributed by atoms with Gasteiger partial charge in [-0.15, -0.1) is 0 Å². The van der Waals surface area contributed by atoms with Gasteiger partial charge in [-0.1, -0.05) is 12.1 Å². The van der Waals surface area contributed by atoms with Crippen molar-refractivity contribution >= 4 is 17.6 Å². The number of methoxy groups -OCH3 is 2. The fraction of sp³-hybridized carbons (Fsp3) is 0.176. The second-order valence-corrected chi connectivity index (χ2v) is 4.77. The van der Waals surface area contributed by atoms with Crippen LogP contribution in [0.1, 0.15) is 15.9 Å². The Morgan fingerprint density at radius 2 is 1.91 bits per heavy atom. The van der Waals surface area contributed by atoms with E-state index in [0.717, 1.165) is 0 Å². The molecule has 0 bridgehead atoms. The number of hydrogen-bond acceptors (Lipinski definition) is 4. The van der Waals surface area contributed by atoms with Gasteiger partial charge < -0.3 is 14.8 Å². The van der Waals surface area contributed by atoms with E-state index in [9.17, 15) is 14.0 Å². The third kappa shape index (κ3) is 4.29. The predicted octanol–water partition coefficient (Wildman–Crippen LogP) is 2.80. The molecule has 1 amide bonds. The second kappa shape index (κ2) is 7.40. The number of esters is 1. The molecule has 0 aliphatic heterocycles. The molecule has 0 aliphatic rings. The highest BCUT2D eigenvalue weighted by Crippen LogP contribution is 2.18. The molecule has 0 fully saturated rings. The molecule has 0 atom stereocenters. The summed E-state index contributed by atoms with van der Waals surface area (Å²) in [5, 5.41) is 2.66. The Hall–Kier alpha value is -2.89. The van der Waals surface area contributed by atoms with Crippen LogP contribution in [0.2, 0.25) is 0 Å². The molecule has 0 aliphatic carbocycles. The summed E-state index contributed by atoms with van der Waals surface area (Å²) in [6, 6.07) is 10.7. The molecule has 120 valence electrons. The number of ether oxygens (including phenoxy) is 2. The molecular weight excluding hydrogens is 301 g/mol. The Morgan fingerprint density at radius 1 is 1.13 bits per heavy atom. The molecule has 0 radical (unpaired) electrons. The molecular formula is C17H16FNO4. The number of hydrogen-bond donors (Lipinski definition) is 1. The zero-order valence-electron chi connectivity index (χ0n) is 12.8. The van der Waals surface area contributed by atoms with Crippen molar-refractivity contribution in [2.24, 2.45) is 0 Å². The zero-order valence-corrected chi connectivity index (χ0v) is 12.8. The first-order chi connectivity index (χ1) is 11.0. The molecule has 2 rings (SSSR count). The predicted molar refractivity (Wildman–Crippen MR) is 83.1 cm³/mol. The van der Waals surface area contributed by atoms with Gasteiger partial charge >= 0.3 is 5.97 Å². The van der Waals surface area contributed by atoms with Crippen molar-refractivity contribution in [3.8, 4) is 5.75 Å². The molecule has 0 saturated carbocycles. The monoisotopic (exact) mass is 317 g/mol. The van der Waals surface area contributed by atoms with Gasteiger partial charge in [-0.05, 0) is 35.9 Å². The standard InChI is InChI=1S/C17H16FNO4/c1-22-15-7-6-11(8-14(15)18)9-16(20)19-13-5-3-4-12(10-13)17(21)23-2/h3-8,10H,9H2,1-2H3,(H,19,20). The van der Waals surface area contributed by atoms with Gasteiger partial charge in [0.25, 0.3) is 0 Å². The average Bonchev–Trinajstić information content (AvgIpc) is 2.54. The molecule has 23 heavy (non-hydrogen) atoms. The van der Waals surface area contributed by atoms with E-state index in [-0.39, 0.29) is 18.1 Å². The Morgan fingerprint density at radius 3 is 2.57 bits per heavy atom. The maximum absolute atomic E-state index is 13.6. The number of rotatable bonds is 5. The molecule has 0 heterocycles. The molecule has 0 spiro atoms. The van der Waals surface area contributed by atoms with E-state index >= 15 is 0 Å². The van der Waals surface area contributed by atoms with Crippen LogP contribution >= 0.6 is 0 Å². The number of halogens is 1. The van der Waals surface area contributed by atoms with E-state index in [4.69, 9.17) is 4.74 Å². The number of nitrogens with one attached hydrogen (secondary N) is 1. The summed E-state index contributed by atoms with van der Waals surface area (Å²) in [6.07, 6.45) is 0.00334. The molecule has 2 aromatic carbocycles. The van der Waals surface area contributed by atoms with Crippen molar-refractivity contribution < 1.29 is 23.5 Å². The van der Waals surface area contributed by atoms with Crippen molar-refractivity contribution in [1.29, 1.82) is 0 Å². The van der Waals surface area contributed by atoms with Gasteiger partial charge in [0.2, 0.25) is 5.91 Å². The number of carbonyl (C=O) groups is 2. The molecule has 2 aromatic rings. The highest BCUT2D eigenvalue weighted by molar-refractivity contribution is 5.95. The van der Waals surface area contributed by atoms with Gasteiger partial charge in [0.05, 0.1) is 26.2 Å². The lowest BCUT2D eigenvalue weighted by Gasteiger charge is -2.08. The first-order valence-electron chi connectivity index (χ1n) is 6.84. The summed E-state index contributed by atoms with van der Waals surface area (Å²) in [5.41, 5.74) is 1.32. The van der Waals surface area contributed by atoms with Crippen molar-refractivity contribution in [1.82, 2.24) is 0 Å². The third-order valence-electron chi connectivity index (χ3n) is 3.15. The highest BCUT2D eigenvalue weighted by atomic mass is 19.1. The zero-order chi connectivity index (χ0) is 16.8. The fourth-order valence-electron chi connectivity index (χ4n) is 2.05. The van der Waals surface area contributed by atoms with E-state index in [1.54, 1.807) is 24.3 Å². The second-order valence-electron chi connectivity index (χ2n) is 4.77. The van der Waals surface area contributed by atoms with Crippen LogP contribution in [0, 0.1) is 5.82 Å². The Bertz CT molecular complexity index is 730. The number of amides is 1. The SMILES string of the molecule is COC(=O)c1cccc(NC(=O)Cc2ccc(OC)c(F)c2)c1. The summed E-state index contributed by atoms with van der Waals surface area (Å²) in [6.45, 7) is 0. The van der Waals surface area contributed by atoms with Gasteiger partial charge in [0.15, 0.2) is 11.6 Å². The molecule has 1 N–H and O–H groups in total. The number of carbonyl (C=O) groups excluding carboxylic acids is 2. The van der Waals surface area contributed by atoms with Gasteiger partial charge in [0, 0.05) is 5.69 Å². The van der Waals surface area contributed by atoms with Crippen LogP contribution in [0.4, 0.5) is 10.1 Å². The minimum absolute atomic E-state index is 0.00334. The molecule has 5 nitrogen and oxygen atoms in total. The van der Waals surface area contributed by atoms with Crippen molar-refractivity contribution in [2.45, 2.75) is 6.42 Å². The average molecular weight is 317 g/mol. The Balaban J connectivity index is 2.05. The summed E-state index contributed by atoms with van der Waals surface area (Å²) in [7, 11) is 2.66. The number of anilines is 1. The molecule has 6 heteroatoms. The van der Waals surface area contributed by atoms with Crippen molar-refractivity contribution in [3.05, 3.63) is 59.4 Å². The van der Waals surface area contributed by atoms with Gasteiger partial charge in [-0.3, -0.25) is 4.79 Å². The highest BCUT2D eigenvalue weighted by Gasteiger charge is 2.10. The van der Waals surface area contributed by atoms with Gasteiger partial charge in [0.1, 0.15) is 0 Å². The van der Waals surface area contributed by atoms with Crippen LogP contribution in [0.5, 0.6) is 5.75 Å². The summed E-state index contributed by atoms with van der Waals surface area (Å²) in [4.78, 5) is 23.5. The maximum Gasteiger partial charge on any atom is 0.337 e. The summed E-state index contributed by atoms with van der Waals surface area (Å²) < 4.78 is 23.0. The van der Waals surface area contributed by atoms with E-state index in [2.05, 4.69) is 10.1 Å². The Kier molecular flexibility index (Phi) is 5.30. The lowest BCUT2D eigenvalue weighted by Crippen LogP contribution is -2.15. The molecule has 0 saturated heterocycles. The lowest BCUT2D eigenvalue weighted by atomic mass is 10.1. The maximum atomic E-state index is 13.6. The van der Waals surface area contributed by atoms with Gasteiger partial charge in [-0.2, -0.15) is 0 Å². The van der Waals surface area contributed by atoms with E-state index in [1.807, 2.05) is 0 Å². The summed E-state index contributed by atoms with van der Waals surface area (Å²) in [5.74, 6) is -1.21. The van der Waals surface area contributed by atoms with Crippen molar-refractivity contribution in [2.75, 3.05) is 19.5 Å². The van der Waals surface area contributed by atoms with E-state index in [0.29, 0.717) is 16.8 Å². The minimum Gasteiger partial charge on any atom is -0.494 e. The smallest absolute Gasteiger partial charge is 0.337 e. The summed E-state index contributed by atoms with van der Waals surface area (Å²) >= 11 is 0. The lowest BCUT2D eigenvalue weighted by molar-refractivity contribution is -0.115. The first-order valence-corrected chi connectivity index (χ1v) is 6.84. The van der Waals surface area contributed by atoms with E-state index < -0.39 is 11.8 Å². The van der Waals surface area contributed by atoms with Crippen LogP contribution in [0.15, 0.2) is 42.5 Å². The van der Waals surface area contributed by atoms with Gasteiger partial charge in [-0.25, -0.2) is 9.18 Å². The van der Waals surface area contributed by atoms with Crippen LogP contribution in [-0.4, -0.2) is 26.1 Å². The fourth-order valence-corrected chi connectivity index (χ4v) is 2.05. The first kappa shape index (κ1) is 16.5. The quantitative estimate of drug-likeness (QED) is 0.861. The van der Waals surface area contributed by atoms with Crippen LogP contribution in [0.3, 0.4) is 0 Å². The van der Waals surface area contributed by atoms with Crippen LogP contribution in [0.25, 0.3) is 0 Å². The normalized spacial score (nSPS) is 10.0. The van der Waals surface area contributed by atoms with Crippen molar-refractivity contribution in [3.63, 3.8) is 0 Å². The van der Waals surface area contributed by atoms with E-state index in [1.165, 1.54) is 32.4 Å². The van der Waals surface area contributed by atoms with Crippen LogP contribution < -0.4 is 10.1 Å². The Labute approximate surface area is 133 Å². The van der Waals surface area contributed by atoms with Crippen LogP contribution in [-0.2, 0) is 16.0 Å². The third-order valence-corrected chi connectivity index (χ3v) is 3.15. The minimum atomic E-state index is -0.523.